The quantitative estimate of drug-likeness (QED) is 0.885. The molecule has 7 heteroatoms. The monoisotopic (exact) mass is 325 g/mol. The van der Waals surface area contributed by atoms with Crippen molar-refractivity contribution in [1.29, 1.82) is 0 Å². The first-order valence-corrected chi connectivity index (χ1v) is 8.09. The fourth-order valence-corrected chi connectivity index (χ4v) is 2.67. The van der Waals surface area contributed by atoms with E-state index in [9.17, 15) is 4.79 Å². The lowest BCUT2D eigenvalue weighted by Crippen LogP contribution is -2.44. The molecule has 1 aromatic heterocycles. The highest BCUT2D eigenvalue weighted by Gasteiger charge is 2.27. The van der Waals surface area contributed by atoms with Crippen LogP contribution in [0.1, 0.15) is 33.6 Å². The summed E-state index contributed by atoms with van der Waals surface area (Å²) in [6, 6.07) is 0.196. The number of hydrogen-bond donors (Lipinski definition) is 2. The highest BCUT2D eigenvalue weighted by molar-refractivity contribution is 6.35. The van der Waals surface area contributed by atoms with E-state index in [2.05, 4.69) is 34.0 Å². The molecule has 2 heterocycles. The van der Waals surface area contributed by atoms with Crippen molar-refractivity contribution in [3.63, 3.8) is 0 Å². The minimum atomic E-state index is 0.0513. The Bertz CT molecular complexity index is 529. The van der Waals surface area contributed by atoms with E-state index < -0.39 is 0 Å². The standard InChI is InChI=1S/C15H24ClN5O/c1-9(2)10(3)20-15(22)11-4-6-21(7-5-11)14-12(16)13(17)18-8-19-14/h8-11H,4-7H2,1-3H3,(H,20,22)(H2,17,18,19). The molecular formula is C15H24ClN5O. The number of amides is 1. The van der Waals surface area contributed by atoms with Crippen molar-refractivity contribution in [2.75, 3.05) is 23.7 Å². The van der Waals surface area contributed by atoms with Gasteiger partial charge in [0.15, 0.2) is 5.82 Å². The molecule has 0 saturated carbocycles. The maximum absolute atomic E-state index is 12.3. The van der Waals surface area contributed by atoms with Gasteiger partial charge in [-0.3, -0.25) is 4.79 Å². The third-order valence-corrected chi connectivity index (χ3v) is 4.70. The number of nitrogen functional groups attached to an aromatic ring is 1. The molecule has 0 spiro atoms. The van der Waals surface area contributed by atoms with Crippen LogP contribution in [-0.4, -0.2) is 35.0 Å². The van der Waals surface area contributed by atoms with Crippen LogP contribution in [0, 0.1) is 11.8 Å². The number of hydrogen-bond acceptors (Lipinski definition) is 5. The molecule has 1 aromatic rings. The second-order valence-electron chi connectivity index (χ2n) is 6.20. The highest BCUT2D eigenvalue weighted by atomic mass is 35.5. The molecule has 3 N–H and O–H groups in total. The Morgan fingerprint density at radius 2 is 2.00 bits per heavy atom. The van der Waals surface area contributed by atoms with Crippen LogP contribution >= 0.6 is 11.6 Å². The van der Waals surface area contributed by atoms with Crippen molar-refractivity contribution in [3.8, 4) is 0 Å². The second-order valence-corrected chi connectivity index (χ2v) is 6.58. The zero-order chi connectivity index (χ0) is 16.3. The first kappa shape index (κ1) is 16.8. The Morgan fingerprint density at radius 3 is 2.59 bits per heavy atom. The van der Waals surface area contributed by atoms with E-state index in [4.69, 9.17) is 17.3 Å². The summed E-state index contributed by atoms with van der Waals surface area (Å²) in [5, 5.41) is 3.48. The lowest BCUT2D eigenvalue weighted by molar-refractivity contribution is -0.126. The molecule has 0 radical (unpaired) electrons. The van der Waals surface area contributed by atoms with Gasteiger partial charge in [0, 0.05) is 25.0 Å². The third-order valence-electron chi connectivity index (χ3n) is 4.33. The van der Waals surface area contributed by atoms with Crippen LogP contribution < -0.4 is 16.0 Å². The molecule has 0 bridgehead atoms. The number of nitrogens with zero attached hydrogens (tertiary/aromatic N) is 3. The van der Waals surface area contributed by atoms with Crippen LogP contribution in [0.2, 0.25) is 5.02 Å². The van der Waals surface area contributed by atoms with E-state index in [1.807, 2.05) is 6.92 Å². The molecule has 1 aliphatic heterocycles. The van der Waals surface area contributed by atoms with E-state index in [0.717, 1.165) is 25.9 Å². The minimum Gasteiger partial charge on any atom is -0.382 e. The Labute approximate surface area is 136 Å². The second kappa shape index (κ2) is 7.13. The van der Waals surface area contributed by atoms with Crippen LogP contribution in [0.4, 0.5) is 11.6 Å². The first-order chi connectivity index (χ1) is 10.4. The number of piperidine rings is 1. The lowest BCUT2D eigenvalue weighted by Gasteiger charge is -2.33. The van der Waals surface area contributed by atoms with E-state index in [0.29, 0.717) is 16.8 Å². The fraction of sp³-hybridized carbons (Fsp3) is 0.667. The van der Waals surface area contributed by atoms with Crippen LogP contribution in [0.15, 0.2) is 6.33 Å². The van der Waals surface area contributed by atoms with Crippen molar-refractivity contribution in [3.05, 3.63) is 11.3 Å². The number of aromatic nitrogens is 2. The summed E-state index contributed by atoms with van der Waals surface area (Å²) in [5.41, 5.74) is 5.71. The Morgan fingerprint density at radius 1 is 1.36 bits per heavy atom. The average molecular weight is 326 g/mol. The van der Waals surface area contributed by atoms with Gasteiger partial charge in [-0.2, -0.15) is 0 Å². The number of anilines is 2. The summed E-state index contributed by atoms with van der Waals surface area (Å²) in [4.78, 5) is 22.4. The summed E-state index contributed by atoms with van der Waals surface area (Å²) < 4.78 is 0. The number of carbonyl (C=O) groups excluding carboxylic acids is 1. The Hall–Kier alpha value is -1.56. The normalized spacial score (nSPS) is 17.6. The molecular weight excluding hydrogens is 302 g/mol. The van der Waals surface area contributed by atoms with Crippen LogP contribution in [-0.2, 0) is 4.79 Å². The zero-order valence-electron chi connectivity index (χ0n) is 13.3. The number of nitrogens with two attached hydrogens (primary N) is 1. The summed E-state index contributed by atoms with van der Waals surface area (Å²) in [6.45, 7) is 7.74. The molecule has 6 nitrogen and oxygen atoms in total. The Kier molecular flexibility index (Phi) is 5.45. The first-order valence-electron chi connectivity index (χ1n) is 7.71. The highest BCUT2D eigenvalue weighted by Crippen LogP contribution is 2.30. The lowest BCUT2D eigenvalue weighted by atomic mass is 9.95. The van der Waals surface area contributed by atoms with E-state index >= 15 is 0 Å². The van der Waals surface area contributed by atoms with E-state index in [1.54, 1.807) is 0 Å². The van der Waals surface area contributed by atoms with Gasteiger partial charge in [0.2, 0.25) is 5.91 Å². The van der Waals surface area contributed by atoms with E-state index in [-0.39, 0.29) is 23.7 Å². The van der Waals surface area contributed by atoms with Gasteiger partial charge in [-0.25, -0.2) is 9.97 Å². The van der Waals surface area contributed by atoms with Gasteiger partial charge in [-0.05, 0) is 25.7 Å². The van der Waals surface area contributed by atoms with Crippen molar-refractivity contribution >= 4 is 29.1 Å². The molecule has 1 atom stereocenters. The van der Waals surface area contributed by atoms with E-state index in [1.165, 1.54) is 6.33 Å². The van der Waals surface area contributed by atoms with Crippen molar-refractivity contribution in [2.24, 2.45) is 11.8 Å². The summed E-state index contributed by atoms with van der Waals surface area (Å²) in [6.07, 6.45) is 2.99. The van der Waals surface area contributed by atoms with Gasteiger partial charge in [-0.1, -0.05) is 25.4 Å². The molecule has 0 aromatic carbocycles. The van der Waals surface area contributed by atoms with Crippen molar-refractivity contribution in [2.45, 2.75) is 39.7 Å². The molecule has 1 fully saturated rings. The van der Waals surface area contributed by atoms with Gasteiger partial charge in [0.1, 0.15) is 17.2 Å². The molecule has 22 heavy (non-hydrogen) atoms. The predicted octanol–water partition coefficient (Wildman–Crippen LogP) is 2.09. The largest absolute Gasteiger partial charge is 0.382 e. The van der Waals surface area contributed by atoms with Gasteiger partial charge in [0.25, 0.3) is 0 Å². The number of nitrogens with one attached hydrogen (secondary N) is 1. The van der Waals surface area contributed by atoms with Crippen LogP contribution in [0.5, 0.6) is 0 Å². The van der Waals surface area contributed by atoms with Gasteiger partial charge >= 0.3 is 0 Å². The van der Waals surface area contributed by atoms with Crippen molar-refractivity contribution in [1.82, 2.24) is 15.3 Å². The van der Waals surface area contributed by atoms with Gasteiger partial charge in [0.05, 0.1) is 0 Å². The maximum Gasteiger partial charge on any atom is 0.223 e. The minimum absolute atomic E-state index is 0.0513. The third kappa shape index (κ3) is 3.80. The number of rotatable bonds is 4. The summed E-state index contributed by atoms with van der Waals surface area (Å²) >= 11 is 6.16. The van der Waals surface area contributed by atoms with Gasteiger partial charge < -0.3 is 16.0 Å². The molecule has 1 saturated heterocycles. The van der Waals surface area contributed by atoms with Gasteiger partial charge in [-0.15, -0.1) is 0 Å². The SMILES string of the molecule is CC(C)C(C)NC(=O)C1CCN(c2ncnc(N)c2Cl)CC1. The Balaban J connectivity index is 1.93. The molecule has 1 aliphatic rings. The molecule has 1 unspecified atom stereocenters. The topological polar surface area (TPSA) is 84.1 Å². The smallest absolute Gasteiger partial charge is 0.223 e. The molecule has 0 aliphatic carbocycles. The summed E-state index contributed by atoms with van der Waals surface area (Å²) in [5.74, 6) is 1.58. The molecule has 122 valence electrons. The molecule has 2 rings (SSSR count). The van der Waals surface area contributed by atoms with Crippen LogP contribution in [0.25, 0.3) is 0 Å². The predicted molar refractivity (Wildman–Crippen MR) is 88.8 cm³/mol. The van der Waals surface area contributed by atoms with Crippen molar-refractivity contribution < 1.29 is 4.79 Å². The fourth-order valence-electron chi connectivity index (χ4n) is 2.46. The number of carbonyl (C=O) groups is 1. The average Bonchev–Trinajstić information content (AvgIpc) is 2.50. The van der Waals surface area contributed by atoms with Crippen LogP contribution in [0.3, 0.4) is 0 Å². The molecule has 1 amide bonds. The maximum atomic E-state index is 12.3. The zero-order valence-corrected chi connectivity index (χ0v) is 14.1. The summed E-state index contributed by atoms with van der Waals surface area (Å²) in [7, 11) is 0. The number of halogens is 1.